The van der Waals surface area contributed by atoms with Crippen LogP contribution in [0.15, 0.2) is 18.2 Å². The largest absolute Gasteiger partial charge is 0.354 e. The van der Waals surface area contributed by atoms with E-state index in [-0.39, 0.29) is 5.91 Å². The Morgan fingerprint density at radius 1 is 1.39 bits per heavy atom. The van der Waals surface area contributed by atoms with E-state index in [0.717, 1.165) is 5.56 Å². The maximum atomic E-state index is 11.6. The standard InChI is InChI=1S/C13H18Cl2N2O/c1-13(2,16)8-17-12(18)6-4-9-3-5-10(14)7-11(9)15/h3,5,7H,4,6,8,16H2,1-2H3,(H,17,18). The molecular formula is C13H18Cl2N2O. The van der Waals surface area contributed by atoms with Crippen LogP contribution in [0.5, 0.6) is 0 Å². The second-order valence-corrected chi connectivity index (χ2v) is 5.84. The maximum Gasteiger partial charge on any atom is 0.220 e. The molecule has 0 spiro atoms. The molecule has 0 saturated carbocycles. The third-order valence-electron chi connectivity index (χ3n) is 2.38. The van der Waals surface area contributed by atoms with Crippen molar-refractivity contribution in [3.05, 3.63) is 33.8 Å². The molecule has 0 aromatic heterocycles. The minimum Gasteiger partial charge on any atom is -0.354 e. The van der Waals surface area contributed by atoms with Crippen LogP contribution in [-0.2, 0) is 11.2 Å². The first-order valence-electron chi connectivity index (χ1n) is 5.77. The van der Waals surface area contributed by atoms with Crippen molar-refractivity contribution in [1.82, 2.24) is 5.32 Å². The molecule has 0 saturated heterocycles. The highest BCUT2D eigenvalue weighted by Crippen LogP contribution is 2.21. The number of carbonyl (C=O) groups is 1. The average Bonchev–Trinajstić information content (AvgIpc) is 2.24. The molecule has 0 unspecified atom stereocenters. The number of amides is 1. The normalized spacial score (nSPS) is 11.4. The van der Waals surface area contributed by atoms with Gasteiger partial charge in [0.1, 0.15) is 0 Å². The minimum atomic E-state index is -0.395. The first kappa shape index (κ1) is 15.3. The molecule has 0 atom stereocenters. The van der Waals surface area contributed by atoms with Crippen LogP contribution in [0.1, 0.15) is 25.8 Å². The van der Waals surface area contributed by atoms with Crippen LogP contribution < -0.4 is 11.1 Å². The van der Waals surface area contributed by atoms with Crippen molar-refractivity contribution in [2.24, 2.45) is 5.73 Å². The third kappa shape index (κ3) is 5.71. The smallest absolute Gasteiger partial charge is 0.220 e. The Labute approximate surface area is 118 Å². The van der Waals surface area contributed by atoms with Gasteiger partial charge in [0.2, 0.25) is 5.91 Å². The predicted octanol–water partition coefficient (Wildman–Crippen LogP) is 2.78. The Morgan fingerprint density at radius 3 is 2.61 bits per heavy atom. The van der Waals surface area contributed by atoms with E-state index in [2.05, 4.69) is 5.32 Å². The second-order valence-electron chi connectivity index (χ2n) is 5.00. The first-order chi connectivity index (χ1) is 8.28. The third-order valence-corrected chi connectivity index (χ3v) is 2.96. The fraction of sp³-hybridized carbons (Fsp3) is 0.462. The van der Waals surface area contributed by atoms with Gasteiger partial charge in [0.05, 0.1) is 0 Å². The van der Waals surface area contributed by atoms with E-state index in [4.69, 9.17) is 28.9 Å². The van der Waals surface area contributed by atoms with Crippen molar-refractivity contribution in [2.45, 2.75) is 32.2 Å². The number of nitrogens with one attached hydrogen (secondary N) is 1. The molecule has 18 heavy (non-hydrogen) atoms. The number of benzene rings is 1. The summed E-state index contributed by atoms with van der Waals surface area (Å²) >= 11 is 11.8. The fourth-order valence-electron chi connectivity index (χ4n) is 1.39. The lowest BCUT2D eigenvalue weighted by molar-refractivity contribution is -0.121. The number of nitrogens with two attached hydrogens (primary N) is 1. The van der Waals surface area contributed by atoms with E-state index in [1.165, 1.54) is 0 Å². The quantitative estimate of drug-likeness (QED) is 0.875. The molecule has 0 fully saturated rings. The van der Waals surface area contributed by atoms with Gasteiger partial charge in [-0.1, -0.05) is 29.3 Å². The van der Waals surface area contributed by atoms with Crippen molar-refractivity contribution >= 4 is 29.1 Å². The minimum absolute atomic E-state index is 0.0282. The van der Waals surface area contributed by atoms with Gasteiger partial charge < -0.3 is 11.1 Å². The SMILES string of the molecule is CC(C)(N)CNC(=O)CCc1ccc(Cl)cc1Cl. The Balaban J connectivity index is 2.43. The molecule has 0 heterocycles. The monoisotopic (exact) mass is 288 g/mol. The lowest BCUT2D eigenvalue weighted by atomic mass is 10.1. The number of halogens is 2. The molecule has 0 bridgehead atoms. The molecule has 0 aliphatic heterocycles. The van der Waals surface area contributed by atoms with Gasteiger partial charge in [0, 0.05) is 28.5 Å². The summed E-state index contributed by atoms with van der Waals surface area (Å²) in [6.45, 7) is 4.19. The summed E-state index contributed by atoms with van der Waals surface area (Å²) < 4.78 is 0. The lowest BCUT2D eigenvalue weighted by Crippen LogP contribution is -2.45. The molecule has 0 aliphatic carbocycles. The molecule has 5 heteroatoms. The summed E-state index contributed by atoms with van der Waals surface area (Å²) in [4.78, 5) is 11.6. The van der Waals surface area contributed by atoms with Crippen molar-refractivity contribution in [1.29, 1.82) is 0 Å². The lowest BCUT2D eigenvalue weighted by Gasteiger charge is -2.18. The number of rotatable bonds is 5. The maximum absolute atomic E-state index is 11.6. The number of hydrogen-bond donors (Lipinski definition) is 2. The number of carbonyl (C=O) groups excluding carboxylic acids is 1. The summed E-state index contributed by atoms with van der Waals surface area (Å²) in [5.74, 6) is -0.0282. The summed E-state index contributed by atoms with van der Waals surface area (Å²) in [7, 11) is 0. The Bertz CT molecular complexity index is 427. The van der Waals surface area contributed by atoms with E-state index in [9.17, 15) is 4.79 Å². The van der Waals surface area contributed by atoms with E-state index in [1.54, 1.807) is 12.1 Å². The topological polar surface area (TPSA) is 55.1 Å². The highest BCUT2D eigenvalue weighted by Gasteiger charge is 2.12. The van der Waals surface area contributed by atoms with Gasteiger partial charge in [-0.2, -0.15) is 0 Å². The van der Waals surface area contributed by atoms with Gasteiger partial charge in [0.25, 0.3) is 0 Å². The van der Waals surface area contributed by atoms with Crippen LogP contribution in [0.25, 0.3) is 0 Å². The number of aryl methyl sites for hydroxylation is 1. The molecule has 1 amide bonds. The van der Waals surface area contributed by atoms with Gasteiger partial charge in [-0.15, -0.1) is 0 Å². The van der Waals surface area contributed by atoms with Gasteiger partial charge in [-0.05, 0) is 38.0 Å². The van der Waals surface area contributed by atoms with Crippen molar-refractivity contribution in [3.8, 4) is 0 Å². The highest BCUT2D eigenvalue weighted by atomic mass is 35.5. The van der Waals surface area contributed by atoms with Crippen LogP contribution in [0, 0.1) is 0 Å². The zero-order chi connectivity index (χ0) is 13.8. The van der Waals surface area contributed by atoms with Crippen molar-refractivity contribution in [2.75, 3.05) is 6.54 Å². The van der Waals surface area contributed by atoms with Gasteiger partial charge in [0.15, 0.2) is 0 Å². The van der Waals surface area contributed by atoms with E-state index in [0.29, 0.717) is 29.4 Å². The fourth-order valence-corrected chi connectivity index (χ4v) is 1.89. The Morgan fingerprint density at radius 2 is 2.06 bits per heavy atom. The number of hydrogen-bond acceptors (Lipinski definition) is 2. The molecule has 3 N–H and O–H groups in total. The highest BCUT2D eigenvalue weighted by molar-refractivity contribution is 6.35. The summed E-state index contributed by atoms with van der Waals surface area (Å²) in [6, 6.07) is 5.29. The predicted molar refractivity (Wildman–Crippen MR) is 76.1 cm³/mol. The molecule has 100 valence electrons. The van der Waals surface area contributed by atoms with Gasteiger partial charge in [-0.25, -0.2) is 0 Å². The van der Waals surface area contributed by atoms with Gasteiger partial charge in [-0.3, -0.25) is 4.79 Å². The molecule has 0 aliphatic rings. The second kappa shape index (κ2) is 6.41. The average molecular weight is 289 g/mol. The van der Waals surface area contributed by atoms with Crippen LogP contribution >= 0.6 is 23.2 Å². The first-order valence-corrected chi connectivity index (χ1v) is 6.53. The summed E-state index contributed by atoms with van der Waals surface area (Å²) in [5.41, 5.74) is 6.31. The summed E-state index contributed by atoms with van der Waals surface area (Å²) in [6.07, 6.45) is 0.976. The molecule has 1 aromatic rings. The summed E-state index contributed by atoms with van der Waals surface area (Å²) in [5, 5.41) is 3.98. The van der Waals surface area contributed by atoms with Crippen LogP contribution in [0.3, 0.4) is 0 Å². The molecule has 3 nitrogen and oxygen atoms in total. The Hall–Kier alpha value is -0.770. The zero-order valence-electron chi connectivity index (χ0n) is 10.6. The molecular weight excluding hydrogens is 271 g/mol. The molecule has 1 rings (SSSR count). The zero-order valence-corrected chi connectivity index (χ0v) is 12.1. The van der Waals surface area contributed by atoms with Crippen LogP contribution in [0.4, 0.5) is 0 Å². The van der Waals surface area contributed by atoms with E-state index < -0.39 is 5.54 Å². The van der Waals surface area contributed by atoms with Gasteiger partial charge >= 0.3 is 0 Å². The van der Waals surface area contributed by atoms with E-state index in [1.807, 2.05) is 19.9 Å². The van der Waals surface area contributed by atoms with Crippen molar-refractivity contribution in [3.63, 3.8) is 0 Å². The molecule has 1 aromatic carbocycles. The Kier molecular flexibility index (Phi) is 5.45. The van der Waals surface area contributed by atoms with Crippen molar-refractivity contribution < 1.29 is 4.79 Å². The van der Waals surface area contributed by atoms with Crippen LogP contribution in [-0.4, -0.2) is 18.0 Å². The van der Waals surface area contributed by atoms with E-state index >= 15 is 0 Å². The molecule has 0 radical (unpaired) electrons. The van der Waals surface area contributed by atoms with Crippen LogP contribution in [0.2, 0.25) is 10.0 Å².